The van der Waals surface area contributed by atoms with Gasteiger partial charge in [-0.2, -0.15) is 5.10 Å². The van der Waals surface area contributed by atoms with E-state index in [0.29, 0.717) is 37.7 Å². The monoisotopic (exact) mass is 529 g/mol. The van der Waals surface area contributed by atoms with Crippen molar-refractivity contribution in [3.8, 4) is 16.9 Å². The number of nitrogens with zero attached hydrogens (tertiary/aromatic N) is 4. The highest BCUT2D eigenvalue weighted by molar-refractivity contribution is 7.15. The molecule has 0 saturated heterocycles. The molecule has 7 nitrogen and oxygen atoms in total. The highest BCUT2D eigenvalue weighted by Gasteiger charge is 2.21. The Balaban J connectivity index is 1.50. The lowest BCUT2D eigenvalue weighted by molar-refractivity contribution is -0.121. The standard InChI is InChI=1S/C25H25Cl2N5O2S/c1-14-10-21(30-32(14)17-8-9-19(26)20(27)11-17)23-15(2)28-25-31(24(23)34)18(13-35-25)12-22(33)29-16-6-4-3-5-7-16/h8-11,13,16H,3-7,12H2,1-2H3,(H,29,33). The first-order chi connectivity index (χ1) is 16.8. The summed E-state index contributed by atoms with van der Waals surface area (Å²) in [5.41, 5.74) is 3.50. The van der Waals surface area contributed by atoms with Crippen molar-refractivity contribution >= 4 is 45.4 Å². The molecule has 0 aliphatic heterocycles. The van der Waals surface area contributed by atoms with Crippen molar-refractivity contribution in [3.05, 3.63) is 67.1 Å². The highest BCUT2D eigenvalue weighted by atomic mass is 35.5. The van der Waals surface area contributed by atoms with Crippen LogP contribution < -0.4 is 10.9 Å². The number of thiazole rings is 1. The number of carbonyl (C=O) groups is 1. The number of nitrogens with one attached hydrogen (secondary N) is 1. The molecule has 182 valence electrons. The molecule has 1 amide bonds. The van der Waals surface area contributed by atoms with Crippen molar-refractivity contribution in [1.82, 2.24) is 24.5 Å². The molecule has 35 heavy (non-hydrogen) atoms. The van der Waals surface area contributed by atoms with E-state index in [9.17, 15) is 9.59 Å². The van der Waals surface area contributed by atoms with Crippen LogP contribution in [0.1, 0.15) is 49.2 Å². The molecule has 1 fully saturated rings. The number of fused-ring (bicyclic) bond motifs is 1. The molecule has 1 aliphatic rings. The number of rotatable bonds is 5. The van der Waals surface area contributed by atoms with Gasteiger partial charge in [-0.3, -0.25) is 14.0 Å². The SMILES string of the molecule is Cc1nc2scc(CC(=O)NC3CCCCC3)n2c(=O)c1-c1cc(C)n(-c2ccc(Cl)c(Cl)c2)n1. The number of hydrogen-bond acceptors (Lipinski definition) is 5. The molecule has 3 aromatic heterocycles. The van der Waals surface area contributed by atoms with Gasteiger partial charge in [0.25, 0.3) is 5.56 Å². The maximum Gasteiger partial charge on any atom is 0.268 e. The molecule has 0 spiro atoms. The maximum absolute atomic E-state index is 13.7. The summed E-state index contributed by atoms with van der Waals surface area (Å²) in [5.74, 6) is -0.0645. The van der Waals surface area contributed by atoms with E-state index in [0.717, 1.165) is 37.1 Å². The Kier molecular flexibility index (Phi) is 6.70. The minimum absolute atomic E-state index is 0.0645. The van der Waals surface area contributed by atoms with Crippen LogP contribution in [0, 0.1) is 13.8 Å². The Morgan fingerprint density at radius 3 is 2.66 bits per heavy atom. The van der Waals surface area contributed by atoms with E-state index in [4.69, 9.17) is 23.2 Å². The summed E-state index contributed by atoms with van der Waals surface area (Å²) < 4.78 is 3.26. The average Bonchev–Trinajstić information content (AvgIpc) is 3.39. The first-order valence-corrected chi connectivity index (χ1v) is 13.3. The zero-order valence-corrected chi connectivity index (χ0v) is 21.8. The maximum atomic E-state index is 13.7. The number of amides is 1. The molecule has 0 bridgehead atoms. The summed E-state index contributed by atoms with van der Waals surface area (Å²) in [4.78, 5) is 31.6. The number of carbonyl (C=O) groups excluding carboxylic acids is 1. The van der Waals surface area contributed by atoms with Crippen LogP contribution in [0.2, 0.25) is 10.0 Å². The molecular formula is C25H25Cl2N5O2S. The largest absolute Gasteiger partial charge is 0.353 e. The Morgan fingerprint density at radius 2 is 1.91 bits per heavy atom. The van der Waals surface area contributed by atoms with Crippen LogP contribution in [-0.2, 0) is 11.2 Å². The van der Waals surface area contributed by atoms with Gasteiger partial charge in [0.05, 0.1) is 33.4 Å². The molecular weight excluding hydrogens is 505 g/mol. The zero-order valence-electron chi connectivity index (χ0n) is 19.5. The van der Waals surface area contributed by atoms with E-state index < -0.39 is 0 Å². The van der Waals surface area contributed by atoms with Gasteiger partial charge in [-0.05, 0) is 51.0 Å². The van der Waals surface area contributed by atoms with E-state index in [1.165, 1.54) is 17.8 Å². The van der Waals surface area contributed by atoms with Gasteiger partial charge in [0, 0.05) is 22.8 Å². The molecule has 0 atom stereocenters. The van der Waals surface area contributed by atoms with Crippen molar-refractivity contribution in [2.75, 3.05) is 0 Å². The topological polar surface area (TPSA) is 81.3 Å². The third-order valence-electron chi connectivity index (χ3n) is 6.42. The molecule has 4 aromatic rings. The fraction of sp³-hybridized carbons (Fsp3) is 0.360. The number of hydrogen-bond donors (Lipinski definition) is 1. The second-order valence-corrected chi connectivity index (χ2v) is 10.6. The van der Waals surface area contributed by atoms with Gasteiger partial charge in [0.15, 0.2) is 4.96 Å². The van der Waals surface area contributed by atoms with Gasteiger partial charge in [-0.15, -0.1) is 11.3 Å². The Bertz CT molecular complexity index is 1480. The second kappa shape index (κ2) is 9.76. The quantitative estimate of drug-likeness (QED) is 0.368. The van der Waals surface area contributed by atoms with Crippen molar-refractivity contribution in [3.63, 3.8) is 0 Å². The van der Waals surface area contributed by atoms with Crippen molar-refractivity contribution < 1.29 is 4.79 Å². The van der Waals surface area contributed by atoms with Crippen LogP contribution in [0.4, 0.5) is 0 Å². The fourth-order valence-corrected chi connectivity index (χ4v) is 5.91. The van der Waals surface area contributed by atoms with Gasteiger partial charge >= 0.3 is 0 Å². The predicted molar refractivity (Wildman–Crippen MR) is 140 cm³/mol. The molecule has 1 N–H and O–H groups in total. The summed E-state index contributed by atoms with van der Waals surface area (Å²) in [6.45, 7) is 3.71. The third kappa shape index (κ3) is 4.75. The van der Waals surface area contributed by atoms with Crippen LogP contribution in [-0.4, -0.2) is 31.1 Å². The van der Waals surface area contributed by atoms with Gasteiger partial charge in [0.2, 0.25) is 5.91 Å². The van der Waals surface area contributed by atoms with Gasteiger partial charge in [-0.25, -0.2) is 9.67 Å². The van der Waals surface area contributed by atoms with Crippen LogP contribution in [0.5, 0.6) is 0 Å². The van der Waals surface area contributed by atoms with Crippen LogP contribution in [0.25, 0.3) is 21.9 Å². The summed E-state index contributed by atoms with van der Waals surface area (Å²) in [7, 11) is 0. The van der Waals surface area contributed by atoms with Gasteiger partial charge < -0.3 is 5.32 Å². The van der Waals surface area contributed by atoms with E-state index in [1.807, 2.05) is 24.4 Å². The third-order valence-corrected chi connectivity index (χ3v) is 8.04. The molecule has 0 unspecified atom stereocenters. The number of halogens is 2. The molecule has 0 radical (unpaired) electrons. The first kappa shape index (κ1) is 24.0. The fourth-order valence-electron chi connectivity index (χ4n) is 4.69. The molecule has 1 aliphatic carbocycles. The van der Waals surface area contributed by atoms with E-state index in [2.05, 4.69) is 15.4 Å². The van der Waals surface area contributed by atoms with E-state index >= 15 is 0 Å². The minimum Gasteiger partial charge on any atom is -0.353 e. The van der Waals surface area contributed by atoms with Gasteiger partial charge in [0.1, 0.15) is 5.69 Å². The highest BCUT2D eigenvalue weighted by Crippen LogP contribution is 2.27. The summed E-state index contributed by atoms with van der Waals surface area (Å²) in [6.07, 6.45) is 5.69. The molecule has 5 rings (SSSR count). The van der Waals surface area contributed by atoms with Crippen LogP contribution in [0.3, 0.4) is 0 Å². The average molecular weight is 530 g/mol. The number of benzene rings is 1. The summed E-state index contributed by atoms with van der Waals surface area (Å²) >= 11 is 13.6. The lowest BCUT2D eigenvalue weighted by Gasteiger charge is -2.22. The molecule has 1 aromatic carbocycles. The predicted octanol–water partition coefficient (Wildman–Crippen LogP) is 5.52. The second-order valence-electron chi connectivity index (χ2n) is 8.98. The lowest BCUT2D eigenvalue weighted by atomic mass is 9.95. The minimum atomic E-state index is -0.229. The normalized spacial score (nSPS) is 14.5. The van der Waals surface area contributed by atoms with Crippen molar-refractivity contribution in [2.45, 2.75) is 58.4 Å². The summed E-state index contributed by atoms with van der Waals surface area (Å²) in [6, 6.07) is 7.34. The zero-order chi connectivity index (χ0) is 24.7. The van der Waals surface area contributed by atoms with Crippen LogP contribution in [0.15, 0.2) is 34.4 Å². The van der Waals surface area contributed by atoms with Crippen molar-refractivity contribution in [2.24, 2.45) is 0 Å². The van der Waals surface area contributed by atoms with Gasteiger partial charge in [-0.1, -0.05) is 42.5 Å². The van der Waals surface area contributed by atoms with Crippen molar-refractivity contribution in [1.29, 1.82) is 0 Å². The molecule has 1 saturated carbocycles. The van der Waals surface area contributed by atoms with E-state index in [1.54, 1.807) is 28.1 Å². The lowest BCUT2D eigenvalue weighted by Crippen LogP contribution is -2.37. The Morgan fingerprint density at radius 1 is 1.14 bits per heavy atom. The number of aromatic nitrogens is 4. The first-order valence-electron chi connectivity index (χ1n) is 11.6. The van der Waals surface area contributed by atoms with Crippen LogP contribution >= 0.6 is 34.5 Å². The number of aryl methyl sites for hydroxylation is 2. The van der Waals surface area contributed by atoms with E-state index in [-0.39, 0.29) is 23.9 Å². The Hall–Kier alpha value is -2.68. The molecule has 3 heterocycles. The molecule has 10 heteroatoms. The Labute approximate surface area is 216 Å². The smallest absolute Gasteiger partial charge is 0.268 e. The summed E-state index contributed by atoms with van der Waals surface area (Å²) in [5, 5.41) is 10.5.